The summed E-state index contributed by atoms with van der Waals surface area (Å²) >= 11 is 0.931. The van der Waals surface area contributed by atoms with Gasteiger partial charge in [0.1, 0.15) is 12.4 Å². The Morgan fingerprint density at radius 1 is 1.14 bits per heavy atom. The zero-order valence-electron chi connectivity index (χ0n) is 15.3. The van der Waals surface area contributed by atoms with Crippen molar-refractivity contribution in [2.24, 2.45) is 0 Å². The molecule has 1 saturated heterocycles. The van der Waals surface area contributed by atoms with Gasteiger partial charge in [0.15, 0.2) is 0 Å². The number of ether oxygens (including phenoxy) is 1. The SMILES string of the molecule is CCCN1C(=O)S/C(=C\c2ccccc2OCc2ccc(C(=O)O)cc2)C1=O. The number of para-hydroxylation sites is 1. The summed E-state index contributed by atoms with van der Waals surface area (Å²) < 4.78 is 5.86. The highest BCUT2D eigenvalue weighted by molar-refractivity contribution is 8.18. The van der Waals surface area contributed by atoms with E-state index in [9.17, 15) is 14.4 Å². The van der Waals surface area contributed by atoms with Gasteiger partial charge in [-0.25, -0.2) is 4.79 Å². The van der Waals surface area contributed by atoms with E-state index in [2.05, 4.69) is 0 Å². The molecule has 7 heteroatoms. The van der Waals surface area contributed by atoms with Gasteiger partial charge in [-0.15, -0.1) is 0 Å². The Morgan fingerprint density at radius 2 is 1.86 bits per heavy atom. The molecule has 1 N–H and O–H groups in total. The van der Waals surface area contributed by atoms with E-state index in [0.29, 0.717) is 29.2 Å². The van der Waals surface area contributed by atoms with Crippen molar-refractivity contribution >= 4 is 35.0 Å². The number of hydrogen-bond acceptors (Lipinski definition) is 5. The van der Waals surface area contributed by atoms with Gasteiger partial charge in [-0.1, -0.05) is 37.3 Å². The maximum atomic E-state index is 12.4. The molecular formula is C21H19NO5S. The molecule has 1 heterocycles. The fourth-order valence-electron chi connectivity index (χ4n) is 2.69. The number of carbonyl (C=O) groups excluding carboxylic acids is 2. The molecule has 0 aromatic heterocycles. The lowest BCUT2D eigenvalue weighted by Gasteiger charge is -2.11. The van der Waals surface area contributed by atoms with Gasteiger partial charge >= 0.3 is 5.97 Å². The number of thioether (sulfide) groups is 1. The fourth-order valence-corrected chi connectivity index (χ4v) is 3.55. The summed E-state index contributed by atoms with van der Waals surface area (Å²) in [6.07, 6.45) is 2.38. The largest absolute Gasteiger partial charge is 0.488 e. The van der Waals surface area contributed by atoms with Crippen molar-refractivity contribution in [2.75, 3.05) is 6.54 Å². The number of nitrogens with zero attached hydrogens (tertiary/aromatic N) is 1. The van der Waals surface area contributed by atoms with Gasteiger partial charge in [-0.3, -0.25) is 14.5 Å². The molecule has 0 unspecified atom stereocenters. The number of carboxylic acid groups (broad SMARTS) is 1. The van der Waals surface area contributed by atoms with Crippen LogP contribution in [0.1, 0.15) is 34.8 Å². The second-order valence-electron chi connectivity index (χ2n) is 6.16. The molecule has 0 radical (unpaired) electrons. The number of amides is 2. The Hall–Kier alpha value is -3.06. The first-order valence-electron chi connectivity index (χ1n) is 8.79. The summed E-state index contributed by atoms with van der Waals surface area (Å²) in [5, 5.41) is 8.70. The molecule has 0 atom stereocenters. The van der Waals surface area contributed by atoms with Crippen LogP contribution < -0.4 is 4.74 Å². The maximum Gasteiger partial charge on any atom is 0.335 e. The minimum absolute atomic E-state index is 0.215. The Labute approximate surface area is 166 Å². The smallest absolute Gasteiger partial charge is 0.335 e. The fraction of sp³-hybridized carbons (Fsp3) is 0.190. The van der Waals surface area contributed by atoms with Crippen LogP contribution in [0, 0.1) is 0 Å². The monoisotopic (exact) mass is 397 g/mol. The molecule has 1 aliphatic heterocycles. The number of benzene rings is 2. The Morgan fingerprint density at radius 3 is 2.54 bits per heavy atom. The average Bonchev–Trinajstić information content (AvgIpc) is 2.95. The highest BCUT2D eigenvalue weighted by atomic mass is 32.2. The summed E-state index contributed by atoms with van der Waals surface area (Å²) in [6.45, 7) is 2.58. The molecular weight excluding hydrogens is 378 g/mol. The van der Waals surface area contributed by atoms with Gasteiger partial charge in [0.25, 0.3) is 11.1 Å². The van der Waals surface area contributed by atoms with E-state index in [1.807, 2.05) is 25.1 Å². The van der Waals surface area contributed by atoms with Crippen LogP contribution in [0.5, 0.6) is 5.75 Å². The highest BCUT2D eigenvalue weighted by Gasteiger charge is 2.34. The first-order valence-corrected chi connectivity index (χ1v) is 9.60. The second kappa shape index (κ2) is 8.75. The number of imide groups is 1. The molecule has 0 aliphatic carbocycles. The van der Waals surface area contributed by atoms with Crippen molar-refractivity contribution in [3.63, 3.8) is 0 Å². The number of aromatic carboxylic acids is 1. The number of carbonyl (C=O) groups is 3. The third-order valence-electron chi connectivity index (χ3n) is 4.12. The van der Waals surface area contributed by atoms with Gasteiger partial charge in [-0.2, -0.15) is 0 Å². The van der Waals surface area contributed by atoms with Crippen molar-refractivity contribution in [1.82, 2.24) is 4.90 Å². The Balaban J connectivity index is 1.75. The lowest BCUT2D eigenvalue weighted by atomic mass is 10.1. The summed E-state index contributed by atoms with van der Waals surface area (Å²) in [7, 11) is 0. The Bertz CT molecular complexity index is 936. The summed E-state index contributed by atoms with van der Waals surface area (Å²) in [5.41, 5.74) is 1.74. The van der Waals surface area contributed by atoms with Crippen LogP contribution in [0.25, 0.3) is 6.08 Å². The number of hydrogen-bond donors (Lipinski definition) is 1. The van der Waals surface area contributed by atoms with E-state index < -0.39 is 5.97 Å². The van der Waals surface area contributed by atoms with E-state index in [4.69, 9.17) is 9.84 Å². The van der Waals surface area contributed by atoms with Crippen LogP contribution in [0.3, 0.4) is 0 Å². The van der Waals surface area contributed by atoms with Crippen molar-refractivity contribution in [3.8, 4) is 5.75 Å². The molecule has 6 nitrogen and oxygen atoms in total. The van der Waals surface area contributed by atoms with Crippen molar-refractivity contribution in [1.29, 1.82) is 0 Å². The van der Waals surface area contributed by atoms with E-state index in [-0.39, 0.29) is 23.3 Å². The predicted octanol–water partition coefficient (Wildman–Crippen LogP) is 4.41. The predicted molar refractivity (Wildman–Crippen MR) is 107 cm³/mol. The number of carboxylic acids is 1. The first-order chi connectivity index (χ1) is 13.5. The van der Waals surface area contributed by atoms with E-state index >= 15 is 0 Å². The quantitative estimate of drug-likeness (QED) is 0.697. The molecule has 2 aromatic carbocycles. The molecule has 1 fully saturated rings. The summed E-state index contributed by atoms with van der Waals surface area (Å²) in [5.74, 6) is -0.683. The minimum atomic E-state index is -0.977. The van der Waals surface area contributed by atoms with Gasteiger partial charge in [0, 0.05) is 12.1 Å². The highest BCUT2D eigenvalue weighted by Crippen LogP contribution is 2.34. The van der Waals surface area contributed by atoms with Gasteiger partial charge < -0.3 is 9.84 Å². The van der Waals surface area contributed by atoms with Crippen molar-refractivity contribution in [2.45, 2.75) is 20.0 Å². The maximum absolute atomic E-state index is 12.4. The third kappa shape index (κ3) is 4.43. The van der Waals surface area contributed by atoms with Crippen LogP contribution in [-0.2, 0) is 11.4 Å². The second-order valence-corrected chi connectivity index (χ2v) is 7.16. The van der Waals surface area contributed by atoms with Crippen LogP contribution >= 0.6 is 11.8 Å². The van der Waals surface area contributed by atoms with Crippen LogP contribution in [0.2, 0.25) is 0 Å². The number of rotatable bonds is 7. The first kappa shape index (κ1) is 19.7. The molecule has 2 aromatic rings. The lowest BCUT2D eigenvalue weighted by Crippen LogP contribution is -2.28. The average molecular weight is 397 g/mol. The van der Waals surface area contributed by atoms with E-state index in [0.717, 1.165) is 17.3 Å². The zero-order valence-corrected chi connectivity index (χ0v) is 16.1. The third-order valence-corrected chi connectivity index (χ3v) is 5.03. The molecule has 0 spiro atoms. The Kier molecular flexibility index (Phi) is 6.16. The molecule has 2 amide bonds. The molecule has 0 saturated carbocycles. The van der Waals surface area contributed by atoms with Crippen LogP contribution in [-0.4, -0.2) is 33.7 Å². The van der Waals surface area contributed by atoms with E-state index in [1.165, 1.54) is 17.0 Å². The van der Waals surface area contributed by atoms with Crippen molar-refractivity contribution in [3.05, 3.63) is 70.1 Å². The molecule has 0 bridgehead atoms. The lowest BCUT2D eigenvalue weighted by molar-refractivity contribution is -0.122. The standard InChI is InChI=1S/C21H19NO5S/c1-2-11-22-19(23)18(28-21(22)26)12-16-5-3-4-6-17(16)27-13-14-7-9-15(10-8-14)20(24)25/h3-10,12H,2,11,13H2,1H3,(H,24,25)/b18-12-. The van der Waals surface area contributed by atoms with Gasteiger partial charge in [0.2, 0.25) is 0 Å². The van der Waals surface area contributed by atoms with Gasteiger partial charge in [-0.05, 0) is 48.0 Å². The molecule has 3 rings (SSSR count). The molecule has 1 aliphatic rings. The van der Waals surface area contributed by atoms with Gasteiger partial charge in [0.05, 0.1) is 10.5 Å². The minimum Gasteiger partial charge on any atom is -0.488 e. The summed E-state index contributed by atoms with van der Waals surface area (Å²) in [6, 6.07) is 13.7. The molecule has 28 heavy (non-hydrogen) atoms. The zero-order chi connectivity index (χ0) is 20.1. The normalized spacial score (nSPS) is 15.3. The molecule has 144 valence electrons. The van der Waals surface area contributed by atoms with E-state index in [1.54, 1.807) is 24.3 Å². The van der Waals surface area contributed by atoms with Crippen LogP contribution in [0.4, 0.5) is 4.79 Å². The van der Waals surface area contributed by atoms with Crippen molar-refractivity contribution < 1.29 is 24.2 Å². The van der Waals surface area contributed by atoms with Crippen LogP contribution in [0.15, 0.2) is 53.4 Å². The summed E-state index contributed by atoms with van der Waals surface area (Å²) in [4.78, 5) is 37.0. The topological polar surface area (TPSA) is 83.9 Å².